The van der Waals surface area contributed by atoms with E-state index in [1.165, 1.54) is 5.56 Å². The van der Waals surface area contributed by atoms with E-state index in [2.05, 4.69) is 30.0 Å². The quantitative estimate of drug-likeness (QED) is 0.815. The third-order valence-corrected chi connectivity index (χ3v) is 3.79. The molecule has 1 aliphatic rings. The standard InChI is InChI=1S/C16H22N2O/c1-2-15-5-3-4-6-16(15)19-12-11-18-9-7-14(13-17)8-10-18/h3-6,14H,2,7-12H2,1H3. The summed E-state index contributed by atoms with van der Waals surface area (Å²) >= 11 is 0. The lowest BCUT2D eigenvalue weighted by atomic mass is 9.99. The number of hydrogen-bond donors (Lipinski definition) is 0. The molecule has 19 heavy (non-hydrogen) atoms. The fourth-order valence-electron chi connectivity index (χ4n) is 2.51. The monoisotopic (exact) mass is 258 g/mol. The second kappa shape index (κ2) is 7.16. The van der Waals surface area contributed by atoms with Crippen LogP contribution in [0.5, 0.6) is 5.75 Å². The Bertz CT molecular complexity index is 431. The average molecular weight is 258 g/mol. The molecule has 0 atom stereocenters. The van der Waals surface area contributed by atoms with Crippen molar-refractivity contribution >= 4 is 0 Å². The largest absolute Gasteiger partial charge is 0.492 e. The highest BCUT2D eigenvalue weighted by Crippen LogP contribution is 2.19. The Morgan fingerprint density at radius 3 is 2.74 bits per heavy atom. The van der Waals surface area contributed by atoms with Crippen LogP contribution in [0.4, 0.5) is 0 Å². The van der Waals surface area contributed by atoms with Gasteiger partial charge in [-0.05, 0) is 44.0 Å². The molecular formula is C16H22N2O. The van der Waals surface area contributed by atoms with Crippen LogP contribution in [0.3, 0.4) is 0 Å². The van der Waals surface area contributed by atoms with Crippen LogP contribution in [0.15, 0.2) is 24.3 Å². The third-order valence-electron chi connectivity index (χ3n) is 3.79. The maximum absolute atomic E-state index is 8.87. The van der Waals surface area contributed by atoms with E-state index in [0.29, 0.717) is 0 Å². The summed E-state index contributed by atoms with van der Waals surface area (Å²) in [5, 5.41) is 8.87. The molecule has 1 aliphatic heterocycles. The lowest BCUT2D eigenvalue weighted by molar-refractivity contribution is 0.168. The van der Waals surface area contributed by atoms with Gasteiger partial charge in [0.1, 0.15) is 12.4 Å². The summed E-state index contributed by atoms with van der Waals surface area (Å²) in [4.78, 5) is 2.39. The van der Waals surface area contributed by atoms with Gasteiger partial charge in [0.05, 0.1) is 6.07 Å². The minimum atomic E-state index is 0.262. The predicted molar refractivity (Wildman–Crippen MR) is 76.1 cm³/mol. The number of para-hydroxylation sites is 1. The van der Waals surface area contributed by atoms with Gasteiger partial charge in [0, 0.05) is 12.5 Å². The van der Waals surface area contributed by atoms with Gasteiger partial charge < -0.3 is 4.74 Å². The normalized spacial score (nSPS) is 17.1. The maximum Gasteiger partial charge on any atom is 0.122 e. The van der Waals surface area contributed by atoms with Crippen molar-refractivity contribution in [1.82, 2.24) is 4.90 Å². The molecular weight excluding hydrogens is 236 g/mol. The van der Waals surface area contributed by atoms with Crippen LogP contribution in [0, 0.1) is 17.2 Å². The number of ether oxygens (including phenoxy) is 1. The molecule has 0 aliphatic carbocycles. The molecule has 0 N–H and O–H groups in total. The Kier molecular flexibility index (Phi) is 5.23. The van der Waals surface area contributed by atoms with Gasteiger partial charge in [0.25, 0.3) is 0 Å². The van der Waals surface area contributed by atoms with E-state index in [0.717, 1.165) is 51.3 Å². The Hall–Kier alpha value is -1.53. The maximum atomic E-state index is 8.87. The van der Waals surface area contributed by atoms with Crippen LogP contribution < -0.4 is 4.74 Å². The molecule has 0 radical (unpaired) electrons. The van der Waals surface area contributed by atoms with Gasteiger partial charge in [-0.2, -0.15) is 5.26 Å². The van der Waals surface area contributed by atoms with E-state index in [1.54, 1.807) is 0 Å². The van der Waals surface area contributed by atoms with Gasteiger partial charge in [-0.3, -0.25) is 4.90 Å². The Labute approximate surface area is 115 Å². The number of nitriles is 1. The van der Waals surface area contributed by atoms with E-state index in [4.69, 9.17) is 10.00 Å². The van der Waals surface area contributed by atoms with Crippen LogP contribution in [0.1, 0.15) is 25.3 Å². The summed E-state index contributed by atoms with van der Waals surface area (Å²) in [5.41, 5.74) is 1.27. The molecule has 0 bridgehead atoms. The first kappa shape index (κ1) is 13.9. The van der Waals surface area contributed by atoms with Crippen molar-refractivity contribution in [2.24, 2.45) is 5.92 Å². The van der Waals surface area contributed by atoms with Crippen LogP contribution in [-0.4, -0.2) is 31.1 Å². The van der Waals surface area contributed by atoms with Gasteiger partial charge in [0.15, 0.2) is 0 Å². The predicted octanol–water partition coefficient (Wildman–Crippen LogP) is 2.86. The van der Waals surface area contributed by atoms with Crippen molar-refractivity contribution in [2.75, 3.05) is 26.2 Å². The Balaban J connectivity index is 1.74. The first-order valence-corrected chi connectivity index (χ1v) is 7.16. The lowest BCUT2D eigenvalue weighted by Gasteiger charge is -2.28. The molecule has 2 rings (SSSR count). The zero-order valence-corrected chi connectivity index (χ0v) is 11.6. The van der Waals surface area contributed by atoms with Gasteiger partial charge in [0.2, 0.25) is 0 Å². The van der Waals surface area contributed by atoms with Gasteiger partial charge in [-0.1, -0.05) is 25.1 Å². The molecule has 1 fully saturated rings. The van der Waals surface area contributed by atoms with E-state index in [-0.39, 0.29) is 5.92 Å². The second-order valence-electron chi connectivity index (χ2n) is 5.05. The number of aryl methyl sites for hydroxylation is 1. The Morgan fingerprint density at radius 2 is 2.05 bits per heavy atom. The molecule has 1 aromatic carbocycles. The molecule has 1 saturated heterocycles. The molecule has 3 heteroatoms. The van der Waals surface area contributed by atoms with Gasteiger partial charge in [-0.15, -0.1) is 0 Å². The highest BCUT2D eigenvalue weighted by atomic mass is 16.5. The third kappa shape index (κ3) is 3.97. The lowest BCUT2D eigenvalue weighted by Crippen LogP contribution is -2.36. The van der Waals surface area contributed by atoms with E-state index in [1.807, 2.05) is 12.1 Å². The number of piperidine rings is 1. The molecule has 0 saturated carbocycles. The van der Waals surface area contributed by atoms with Gasteiger partial charge >= 0.3 is 0 Å². The van der Waals surface area contributed by atoms with E-state index < -0.39 is 0 Å². The first-order chi connectivity index (χ1) is 9.33. The molecule has 1 aromatic rings. The fraction of sp³-hybridized carbons (Fsp3) is 0.562. The highest BCUT2D eigenvalue weighted by molar-refractivity contribution is 5.33. The fourth-order valence-corrected chi connectivity index (χ4v) is 2.51. The number of nitrogens with zero attached hydrogens (tertiary/aromatic N) is 2. The molecule has 0 aromatic heterocycles. The van der Waals surface area contributed by atoms with E-state index in [9.17, 15) is 0 Å². The molecule has 3 nitrogen and oxygen atoms in total. The van der Waals surface area contributed by atoms with Crippen LogP contribution in [0.2, 0.25) is 0 Å². The molecule has 0 spiro atoms. The smallest absolute Gasteiger partial charge is 0.122 e. The van der Waals surface area contributed by atoms with Crippen molar-refractivity contribution in [1.29, 1.82) is 5.26 Å². The van der Waals surface area contributed by atoms with Crippen LogP contribution in [0.25, 0.3) is 0 Å². The minimum absolute atomic E-state index is 0.262. The Morgan fingerprint density at radius 1 is 1.32 bits per heavy atom. The summed E-state index contributed by atoms with van der Waals surface area (Å²) in [6.07, 6.45) is 3.01. The average Bonchev–Trinajstić information content (AvgIpc) is 2.48. The van der Waals surface area contributed by atoms with Crippen molar-refractivity contribution in [3.8, 4) is 11.8 Å². The molecule has 0 unspecified atom stereocenters. The zero-order valence-electron chi connectivity index (χ0n) is 11.6. The van der Waals surface area contributed by atoms with Crippen molar-refractivity contribution < 1.29 is 4.74 Å². The molecule has 102 valence electrons. The summed E-state index contributed by atoms with van der Waals surface area (Å²) in [6.45, 7) is 5.88. The summed E-state index contributed by atoms with van der Waals surface area (Å²) in [6, 6.07) is 10.6. The summed E-state index contributed by atoms with van der Waals surface area (Å²) in [7, 11) is 0. The second-order valence-corrected chi connectivity index (χ2v) is 5.05. The van der Waals surface area contributed by atoms with Gasteiger partial charge in [-0.25, -0.2) is 0 Å². The number of hydrogen-bond acceptors (Lipinski definition) is 3. The minimum Gasteiger partial charge on any atom is -0.492 e. The number of benzene rings is 1. The van der Waals surface area contributed by atoms with Crippen molar-refractivity contribution in [2.45, 2.75) is 26.2 Å². The van der Waals surface area contributed by atoms with Crippen molar-refractivity contribution in [3.63, 3.8) is 0 Å². The summed E-state index contributed by atoms with van der Waals surface area (Å²) < 4.78 is 5.88. The van der Waals surface area contributed by atoms with E-state index >= 15 is 0 Å². The zero-order chi connectivity index (χ0) is 13.5. The number of rotatable bonds is 5. The molecule has 0 amide bonds. The number of likely N-dealkylation sites (tertiary alicyclic amines) is 1. The summed E-state index contributed by atoms with van der Waals surface area (Å²) in [5.74, 6) is 1.27. The topological polar surface area (TPSA) is 36.3 Å². The SMILES string of the molecule is CCc1ccccc1OCCN1CCC(C#N)CC1. The molecule has 1 heterocycles. The van der Waals surface area contributed by atoms with Crippen LogP contribution >= 0.6 is 0 Å². The highest BCUT2D eigenvalue weighted by Gasteiger charge is 2.18. The first-order valence-electron chi connectivity index (χ1n) is 7.16. The van der Waals surface area contributed by atoms with Crippen LogP contribution in [-0.2, 0) is 6.42 Å². The van der Waals surface area contributed by atoms with Crippen molar-refractivity contribution in [3.05, 3.63) is 29.8 Å².